The summed E-state index contributed by atoms with van der Waals surface area (Å²) in [7, 11) is 0. The second kappa shape index (κ2) is 8.59. The van der Waals surface area contributed by atoms with Crippen LogP contribution in [0.4, 0.5) is 10.5 Å². The molecule has 4 heteroatoms. The molecule has 0 fully saturated rings. The summed E-state index contributed by atoms with van der Waals surface area (Å²) in [5.41, 5.74) is 3.11. The monoisotopic (exact) mass is 278 g/mol. The highest BCUT2D eigenvalue weighted by atomic mass is 16.5. The minimum Gasteiger partial charge on any atom is -0.381 e. The molecule has 0 heterocycles. The van der Waals surface area contributed by atoms with Crippen LogP contribution in [0.1, 0.15) is 31.4 Å². The van der Waals surface area contributed by atoms with E-state index < -0.39 is 0 Å². The number of nitrogens with one attached hydrogen (secondary N) is 2. The Morgan fingerprint density at radius 3 is 2.70 bits per heavy atom. The second-order valence-corrected chi connectivity index (χ2v) is 5.52. The molecule has 0 bridgehead atoms. The number of hydrogen-bond donors (Lipinski definition) is 2. The van der Waals surface area contributed by atoms with Gasteiger partial charge in [0, 0.05) is 25.4 Å². The molecule has 112 valence electrons. The molecule has 0 saturated heterocycles. The summed E-state index contributed by atoms with van der Waals surface area (Å²) in [6, 6.07) is 5.80. The largest absolute Gasteiger partial charge is 0.381 e. The molecule has 4 nitrogen and oxygen atoms in total. The molecule has 0 saturated carbocycles. The van der Waals surface area contributed by atoms with Crippen LogP contribution in [0, 0.1) is 19.8 Å². The molecule has 0 aromatic heterocycles. The van der Waals surface area contributed by atoms with E-state index >= 15 is 0 Å². The predicted molar refractivity (Wildman–Crippen MR) is 83.2 cm³/mol. The van der Waals surface area contributed by atoms with Crippen molar-refractivity contribution < 1.29 is 9.53 Å². The van der Waals surface area contributed by atoms with Crippen molar-refractivity contribution >= 4 is 11.7 Å². The molecule has 0 spiro atoms. The van der Waals surface area contributed by atoms with Crippen LogP contribution in [-0.2, 0) is 4.74 Å². The molecule has 1 aromatic carbocycles. The molecule has 2 N–H and O–H groups in total. The number of rotatable bonds is 7. The lowest BCUT2D eigenvalue weighted by Crippen LogP contribution is -2.30. The van der Waals surface area contributed by atoms with E-state index in [1.165, 1.54) is 5.56 Å². The van der Waals surface area contributed by atoms with Gasteiger partial charge in [0.1, 0.15) is 0 Å². The zero-order valence-electron chi connectivity index (χ0n) is 13.0. The van der Waals surface area contributed by atoms with Gasteiger partial charge in [0.05, 0.1) is 0 Å². The maximum atomic E-state index is 11.7. The van der Waals surface area contributed by atoms with Crippen molar-refractivity contribution in [2.45, 2.75) is 34.1 Å². The van der Waals surface area contributed by atoms with Crippen LogP contribution in [0.3, 0.4) is 0 Å². The molecular weight excluding hydrogens is 252 g/mol. The van der Waals surface area contributed by atoms with Crippen LogP contribution in [0.2, 0.25) is 0 Å². The van der Waals surface area contributed by atoms with Gasteiger partial charge in [-0.15, -0.1) is 0 Å². The Balaban J connectivity index is 2.20. The molecule has 0 unspecified atom stereocenters. The average molecular weight is 278 g/mol. The molecule has 1 rings (SSSR count). The Kier molecular flexibility index (Phi) is 7.09. The fraction of sp³-hybridized carbons (Fsp3) is 0.562. The average Bonchev–Trinajstić information content (AvgIpc) is 2.36. The second-order valence-electron chi connectivity index (χ2n) is 5.52. The number of ether oxygens (including phenoxy) is 1. The fourth-order valence-electron chi connectivity index (χ4n) is 1.82. The van der Waals surface area contributed by atoms with E-state index in [1.54, 1.807) is 0 Å². The molecule has 0 aliphatic rings. The van der Waals surface area contributed by atoms with E-state index in [-0.39, 0.29) is 6.03 Å². The summed E-state index contributed by atoms with van der Waals surface area (Å²) >= 11 is 0. The normalized spacial score (nSPS) is 10.7. The van der Waals surface area contributed by atoms with Gasteiger partial charge in [0.25, 0.3) is 0 Å². The van der Waals surface area contributed by atoms with Crippen LogP contribution < -0.4 is 10.6 Å². The van der Waals surface area contributed by atoms with E-state index in [0.29, 0.717) is 19.1 Å². The van der Waals surface area contributed by atoms with Gasteiger partial charge < -0.3 is 15.4 Å². The Hall–Kier alpha value is -1.55. The number of hydrogen-bond acceptors (Lipinski definition) is 2. The maximum absolute atomic E-state index is 11.7. The SMILES string of the molecule is Cc1ccc(NC(=O)NCCCOCC(C)C)c(C)c1. The first-order chi connectivity index (χ1) is 9.49. The van der Waals surface area contributed by atoms with Gasteiger partial charge in [-0.1, -0.05) is 31.5 Å². The minimum absolute atomic E-state index is 0.166. The van der Waals surface area contributed by atoms with Gasteiger partial charge in [-0.2, -0.15) is 0 Å². The molecule has 20 heavy (non-hydrogen) atoms. The molecule has 0 atom stereocenters. The quantitative estimate of drug-likeness (QED) is 0.750. The molecular formula is C16H26N2O2. The van der Waals surface area contributed by atoms with Crippen molar-refractivity contribution in [1.82, 2.24) is 5.32 Å². The first-order valence-corrected chi connectivity index (χ1v) is 7.19. The number of benzene rings is 1. The zero-order valence-corrected chi connectivity index (χ0v) is 13.0. The third-order valence-electron chi connectivity index (χ3n) is 2.83. The van der Waals surface area contributed by atoms with E-state index in [0.717, 1.165) is 24.3 Å². The van der Waals surface area contributed by atoms with Crippen molar-refractivity contribution in [2.75, 3.05) is 25.1 Å². The summed E-state index contributed by atoms with van der Waals surface area (Å²) < 4.78 is 5.46. The van der Waals surface area contributed by atoms with Crippen molar-refractivity contribution in [3.05, 3.63) is 29.3 Å². The fourth-order valence-corrected chi connectivity index (χ4v) is 1.82. The highest BCUT2D eigenvalue weighted by Gasteiger charge is 2.03. The molecule has 0 radical (unpaired) electrons. The van der Waals surface area contributed by atoms with E-state index in [2.05, 4.69) is 30.5 Å². The van der Waals surface area contributed by atoms with Crippen molar-refractivity contribution in [3.8, 4) is 0 Å². The smallest absolute Gasteiger partial charge is 0.319 e. The third-order valence-corrected chi connectivity index (χ3v) is 2.83. The Bertz CT molecular complexity index is 430. The first-order valence-electron chi connectivity index (χ1n) is 7.19. The van der Waals surface area contributed by atoms with Gasteiger partial charge in [-0.05, 0) is 37.8 Å². The topological polar surface area (TPSA) is 50.4 Å². The Labute approximate surface area is 121 Å². The lowest BCUT2D eigenvalue weighted by molar-refractivity contribution is 0.108. The van der Waals surface area contributed by atoms with Gasteiger partial charge in [-0.3, -0.25) is 0 Å². The summed E-state index contributed by atoms with van der Waals surface area (Å²) in [6.07, 6.45) is 0.826. The minimum atomic E-state index is -0.166. The summed E-state index contributed by atoms with van der Waals surface area (Å²) in [6.45, 7) is 10.3. The third kappa shape index (κ3) is 6.57. The van der Waals surface area contributed by atoms with Gasteiger partial charge in [-0.25, -0.2) is 4.79 Å². The number of carbonyl (C=O) groups excluding carboxylic acids is 1. The lowest BCUT2D eigenvalue weighted by atomic mass is 10.1. The zero-order chi connectivity index (χ0) is 15.0. The van der Waals surface area contributed by atoms with Gasteiger partial charge in [0.15, 0.2) is 0 Å². The van der Waals surface area contributed by atoms with Gasteiger partial charge in [0.2, 0.25) is 0 Å². The summed E-state index contributed by atoms with van der Waals surface area (Å²) in [5, 5.41) is 5.69. The summed E-state index contributed by atoms with van der Waals surface area (Å²) in [5.74, 6) is 0.552. The van der Waals surface area contributed by atoms with Crippen molar-refractivity contribution in [2.24, 2.45) is 5.92 Å². The maximum Gasteiger partial charge on any atom is 0.319 e. The van der Waals surface area contributed by atoms with E-state index in [9.17, 15) is 4.79 Å². The molecule has 2 amide bonds. The molecule has 1 aromatic rings. The van der Waals surface area contributed by atoms with Crippen LogP contribution >= 0.6 is 0 Å². The van der Waals surface area contributed by atoms with Crippen LogP contribution in [-0.4, -0.2) is 25.8 Å². The number of urea groups is 1. The standard InChI is InChI=1S/C16H26N2O2/c1-12(2)11-20-9-5-8-17-16(19)18-15-7-6-13(3)10-14(15)4/h6-7,10,12H,5,8-9,11H2,1-4H3,(H2,17,18,19). The first kappa shape index (κ1) is 16.5. The van der Waals surface area contributed by atoms with E-state index in [4.69, 9.17) is 4.74 Å². The van der Waals surface area contributed by atoms with Gasteiger partial charge >= 0.3 is 6.03 Å². The highest BCUT2D eigenvalue weighted by Crippen LogP contribution is 2.15. The van der Waals surface area contributed by atoms with Crippen LogP contribution in [0.25, 0.3) is 0 Å². The van der Waals surface area contributed by atoms with Crippen LogP contribution in [0.15, 0.2) is 18.2 Å². The number of anilines is 1. The van der Waals surface area contributed by atoms with Crippen molar-refractivity contribution in [3.63, 3.8) is 0 Å². The van der Waals surface area contributed by atoms with E-state index in [1.807, 2.05) is 26.0 Å². The Morgan fingerprint density at radius 2 is 2.05 bits per heavy atom. The highest BCUT2D eigenvalue weighted by molar-refractivity contribution is 5.90. The number of amides is 2. The lowest BCUT2D eigenvalue weighted by Gasteiger charge is -2.11. The predicted octanol–water partition coefficient (Wildman–Crippen LogP) is 3.49. The molecule has 0 aliphatic heterocycles. The van der Waals surface area contributed by atoms with Crippen LogP contribution in [0.5, 0.6) is 0 Å². The van der Waals surface area contributed by atoms with Crippen molar-refractivity contribution in [1.29, 1.82) is 0 Å². The molecule has 0 aliphatic carbocycles. The Morgan fingerprint density at radius 1 is 1.30 bits per heavy atom. The summed E-state index contributed by atoms with van der Waals surface area (Å²) in [4.78, 5) is 11.7. The number of aryl methyl sites for hydroxylation is 2. The number of carbonyl (C=O) groups is 1.